The molecule has 3 amide bonds. The molecule has 40 heavy (non-hydrogen) atoms. The monoisotopic (exact) mass is 563 g/mol. The maximum absolute atomic E-state index is 12.8. The minimum absolute atomic E-state index is 0.0348. The van der Waals surface area contributed by atoms with E-state index in [4.69, 9.17) is 4.74 Å². The summed E-state index contributed by atoms with van der Waals surface area (Å²) in [6, 6.07) is 11.9. The van der Waals surface area contributed by atoms with Crippen LogP contribution in [0.1, 0.15) is 76.2 Å². The Labute approximate surface area is 235 Å². The number of benzene rings is 2. The molecule has 0 saturated carbocycles. The third-order valence-corrected chi connectivity index (χ3v) is 7.55. The van der Waals surface area contributed by atoms with Crippen LogP contribution in [0.2, 0.25) is 0 Å². The van der Waals surface area contributed by atoms with Crippen molar-refractivity contribution in [2.45, 2.75) is 46.0 Å². The van der Waals surface area contributed by atoms with Gasteiger partial charge in [0.15, 0.2) is 0 Å². The van der Waals surface area contributed by atoms with Crippen molar-refractivity contribution in [3.8, 4) is 11.1 Å². The third-order valence-electron chi connectivity index (χ3n) is 6.66. The van der Waals surface area contributed by atoms with Gasteiger partial charge < -0.3 is 10.1 Å². The summed E-state index contributed by atoms with van der Waals surface area (Å²) in [4.78, 5) is 62.4. The van der Waals surface area contributed by atoms with Crippen molar-refractivity contribution in [3.63, 3.8) is 0 Å². The van der Waals surface area contributed by atoms with Gasteiger partial charge >= 0.3 is 5.97 Å². The molecule has 11 heteroatoms. The number of amides is 3. The van der Waals surface area contributed by atoms with Crippen LogP contribution in [0.15, 0.2) is 47.8 Å². The normalized spacial score (nSPS) is 12.4. The summed E-state index contributed by atoms with van der Waals surface area (Å²) >= 11 is 1.26. The number of nitro benzene ring substituents is 1. The topological polar surface area (TPSA) is 136 Å². The number of hydrogen-bond acceptors (Lipinski definition) is 8. The maximum atomic E-state index is 12.8. The zero-order chi connectivity index (χ0) is 28.8. The van der Waals surface area contributed by atoms with Crippen LogP contribution in [-0.4, -0.2) is 46.7 Å². The highest BCUT2D eigenvalue weighted by Crippen LogP contribution is 2.37. The van der Waals surface area contributed by atoms with Crippen molar-refractivity contribution in [1.29, 1.82) is 0 Å². The first-order valence-corrected chi connectivity index (χ1v) is 14.0. The van der Waals surface area contributed by atoms with Crippen molar-refractivity contribution in [2.75, 3.05) is 18.5 Å². The van der Waals surface area contributed by atoms with E-state index in [-0.39, 0.29) is 42.3 Å². The molecule has 0 bridgehead atoms. The molecule has 0 saturated heterocycles. The molecule has 0 spiro atoms. The highest BCUT2D eigenvalue weighted by Gasteiger charge is 2.40. The van der Waals surface area contributed by atoms with Gasteiger partial charge in [-0.3, -0.25) is 29.4 Å². The van der Waals surface area contributed by atoms with E-state index in [0.29, 0.717) is 35.4 Å². The number of carbonyl (C=O) groups excluding carboxylic acids is 4. The number of nitrogens with zero attached hydrogens (tertiary/aromatic N) is 2. The number of aryl methyl sites for hydroxylation is 1. The summed E-state index contributed by atoms with van der Waals surface area (Å²) in [5.74, 6) is -1.99. The van der Waals surface area contributed by atoms with Gasteiger partial charge in [0.2, 0.25) is 5.91 Å². The number of carbonyl (C=O) groups is 4. The number of ether oxygens (including phenoxy) is 1. The molecule has 2 aromatic carbocycles. The minimum Gasteiger partial charge on any atom is -0.462 e. The largest absolute Gasteiger partial charge is 0.462 e. The van der Waals surface area contributed by atoms with Crippen LogP contribution < -0.4 is 5.32 Å². The van der Waals surface area contributed by atoms with Crippen LogP contribution in [0.25, 0.3) is 11.1 Å². The van der Waals surface area contributed by atoms with E-state index < -0.39 is 22.7 Å². The van der Waals surface area contributed by atoms with E-state index >= 15 is 0 Å². The van der Waals surface area contributed by atoms with Gasteiger partial charge in [0.05, 0.1) is 17.1 Å². The van der Waals surface area contributed by atoms with Crippen molar-refractivity contribution >= 4 is 45.7 Å². The van der Waals surface area contributed by atoms with Crippen LogP contribution >= 0.6 is 11.3 Å². The highest BCUT2D eigenvalue weighted by molar-refractivity contribution is 7.15. The lowest BCUT2D eigenvalue weighted by atomic mass is 10.0. The number of nitro groups is 1. The molecule has 0 aliphatic carbocycles. The first kappa shape index (κ1) is 28.6. The average molecular weight is 564 g/mol. The lowest BCUT2D eigenvalue weighted by molar-refractivity contribution is -0.385. The second-order valence-corrected chi connectivity index (χ2v) is 10.1. The van der Waals surface area contributed by atoms with Crippen molar-refractivity contribution in [1.82, 2.24) is 4.90 Å². The number of hydrogen-bond donors (Lipinski definition) is 1. The van der Waals surface area contributed by atoms with Crippen LogP contribution in [0.4, 0.5) is 10.7 Å². The zero-order valence-electron chi connectivity index (χ0n) is 22.2. The van der Waals surface area contributed by atoms with E-state index in [9.17, 15) is 29.3 Å². The van der Waals surface area contributed by atoms with Gasteiger partial charge in [-0.2, -0.15) is 0 Å². The van der Waals surface area contributed by atoms with Crippen LogP contribution in [0, 0.1) is 10.1 Å². The molecule has 3 aromatic rings. The number of nitrogens with one attached hydrogen (secondary N) is 1. The second-order valence-electron chi connectivity index (χ2n) is 9.20. The molecule has 1 N–H and O–H groups in total. The van der Waals surface area contributed by atoms with Crippen LogP contribution in [0.3, 0.4) is 0 Å². The van der Waals surface area contributed by atoms with Gasteiger partial charge in [0.1, 0.15) is 16.1 Å². The number of unbranched alkanes of at least 4 members (excludes halogenated alkanes) is 2. The summed E-state index contributed by atoms with van der Waals surface area (Å²) in [6.07, 6.45) is 2.55. The molecule has 0 radical (unpaired) electrons. The van der Waals surface area contributed by atoms with Crippen molar-refractivity contribution < 1.29 is 28.8 Å². The number of anilines is 1. The minimum atomic E-state index is -0.672. The SMILES string of the molecule is CCOC(=O)c1c(-c2ccc(CC)cc2)csc1NC(=O)CCCCCN1C(=O)c2cccc([N+](=O)[O-])c2C1=O. The second kappa shape index (κ2) is 12.6. The Kier molecular flexibility index (Phi) is 9.05. The maximum Gasteiger partial charge on any atom is 0.341 e. The molecule has 2 heterocycles. The molecule has 0 atom stereocenters. The number of thiophene rings is 1. The predicted molar refractivity (Wildman–Crippen MR) is 151 cm³/mol. The Balaban J connectivity index is 1.33. The number of rotatable bonds is 12. The molecule has 4 rings (SSSR count). The molecule has 1 aromatic heterocycles. The number of imide groups is 1. The molecular weight excluding hydrogens is 534 g/mol. The van der Waals surface area contributed by atoms with Crippen molar-refractivity contribution in [2.24, 2.45) is 0 Å². The first-order valence-electron chi connectivity index (χ1n) is 13.1. The number of fused-ring (bicyclic) bond motifs is 1. The third kappa shape index (κ3) is 5.94. The van der Waals surface area contributed by atoms with E-state index in [1.165, 1.54) is 35.1 Å². The lowest BCUT2D eigenvalue weighted by Gasteiger charge is -2.13. The van der Waals surface area contributed by atoms with Gasteiger partial charge in [0.25, 0.3) is 17.5 Å². The molecule has 1 aliphatic heterocycles. The number of esters is 1. The standard InChI is InChI=1S/C29H29N3O7S/c1-3-18-12-14-19(15-13-18)21-17-40-26(25(21)29(36)39-4-2)30-23(33)11-6-5-7-16-31-27(34)20-9-8-10-22(32(37)38)24(20)28(31)35/h8-10,12-15,17H,3-7,11,16H2,1-2H3,(H,30,33). The van der Waals surface area contributed by atoms with Crippen LogP contribution in [-0.2, 0) is 16.0 Å². The quantitative estimate of drug-likeness (QED) is 0.0958. The Morgan fingerprint density at radius 2 is 1.75 bits per heavy atom. The molecule has 208 valence electrons. The first-order chi connectivity index (χ1) is 19.3. The smallest absolute Gasteiger partial charge is 0.341 e. The fourth-order valence-corrected chi connectivity index (χ4v) is 5.55. The fourth-order valence-electron chi connectivity index (χ4n) is 4.58. The van der Waals surface area contributed by atoms with E-state index in [0.717, 1.165) is 16.9 Å². The van der Waals surface area contributed by atoms with Crippen LogP contribution in [0.5, 0.6) is 0 Å². The fraction of sp³-hybridized carbons (Fsp3) is 0.310. The van der Waals surface area contributed by atoms with Gasteiger partial charge in [-0.15, -0.1) is 11.3 Å². The van der Waals surface area contributed by atoms with E-state index in [1.54, 1.807) is 6.92 Å². The highest BCUT2D eigenvalue weighted by atomic mass is 32.1. The Hall–Kier alpha value is -4.38. The zero-order valence-corrected chi connectivity index (χ0v) is 23.0. The Morgan fingerprint density at radius 3 is 2.42 bits per heavy atom. The van der Waals surface area contributed by atoms with Gasteiger partial charge in [-0.05, 0) is 43.4 Å². The molecule has 0 fully saturated rings. The molecular formula is C29H29N3O7S. The summed E-state index contributed by atoms with van der Waals surface area (Å²) in [5.41, 5.74) is 2.53. The van der Waals surface area contributed by atoms with E-state index in [2.05, 4.69) is 12.2 Å². The van der Waals surface area contributed by atoms with Gasteiger partial charge in [-0.1, -0.05) is 43.7 Å². The Bertz CT molecular complexity index is 1460. The summed E-state index contributed by atoms with van der Waals surface area (Å²) < 4.78 is 5.26. The molecule has 1 aliphatic rings. The lowest BCUT2D eigenvalue weighted by Crippen LogP contribution is -2.30. The van der Waals surface area contributed by atoms with Gasteiger partial charge in [0, 0.05) is 30.0 Å². The summed E-state index contributed by atoms with van der Waals surface area (Å²) in [6.45, 7) is 4.09. The molecule has 10 nitrogen and oxygen atoms in total. The average Bonchev–Trinajstić information content (AvgIpc) is 3.47. The van der Waals surface area contributed by atoms with E-state index in [1.807, 2.05) is 29.6 Å². The summed E-state index contributed by atoms with van der Waals surface area (Å²) in [5, 5.41) is 16.3. The van der Waals surface area contributed by atoms with Gasteiger partial charge in [-0.25, -0.2) is 4.79 Å². The Morgan fingerprint density at radius 1 is 1.00 bits per heavy atom. The predicted octanol–water partition coefficient (Wildman–Crippen LogP) is 5.86. The molecule has 0 unspecified atom stereocenters. The van der Waals surface area contributed by atoms with Crippen molar-refractivity contribution in [3.05, 3.63) is 80.2 Å². The summed E-state index contributed by atoms with van der Waals surface area (Å²) in [7, 11) is 0.